The molecule has 2 aromatic rings. The summed E-state index contributed by atoms with van der Waals surface area (Å²) in [5.74, 6) is 0.788. The third-order valence-electron chi connectivity index (χ3n) is 3.24. The van der Waals surface area contributed by atoms with Crippen molar-refractivity contribution in [3.8, 4) is 5.75 Å². The third kappa shape index (κ3) is 3.98. The van der Waals surface area contributed by atoms with E-state index in [1.807, 2.05) is 37.4 Å². The minimum Gasteiger partial charge on any atom is -0.497 e. The highest BCUT2D eigenvalue weighted by Gasteiger charge is 2.10. The summed E-state index contributed by atoms with van der Waals surface area (Å²) in [6.45, 7) is 0.978. The van der Waals surface area contributed by atoms with Gasteiger partial charge in [-0.05, 0) is 23.8 Å². The molecule has 112 valence electrons. The molecule has 0 saturated heterocycles. The van der Waals surface area contributed by atoms with Gasteiger partial charge in [0.15, 0.2) is 0 Å². The SMILES string of the molecule is COc1cccc(CN(C)C(=O)NCc2ccnn2C)c1. The maximum atomic E-state index is 12.1. The molecule has 6 heteroatoms. The van der Waals surface area contributed by atoms with Crippen LogP contribution >= 0.6 is 0 Å². The summed E-state index contributed by atoms with van der Waals surface area (Å²) >= 11 is 0. The molecular formula is C15H20N4O2. The summed E-state index contributed by atoms with van der Waals surface area (Å²) in [4.78, 5) is 13.7. The molecule has 1 aromatic heterocycles. The lowest BCUT2D eigenvalue weighted by atomic mass is 10.2. The number of urea groups is 1. The molecule has 0 atom stereocenters. The molecule has 0 aliphatic rings. The van der Waals surface area contributed by atoms with E-state index in [0.29, 0.717) is 13.1 Å². The van der Waals surface area contributed by atoms with Crippen molar-refractivity contribution in [1.82, 2.24) is 20.0 Å². The van der Waals surface area contributed by atoms with Crippen LogP contribution in [0.25, 0.3) is 0 Å². The van der Waals surface area contributed by atoms with Crippen LogP contribution < -0.4 is 10.1 Å². The first-order valence-electron chi connectivity index (χ1n) is 6.69. The summed E-state index contributed by atoms with van der Waals surface area (Å²) in [6, 6.07) is 9.43. The Hall–Kier alpha value is -2.50. The summed E-state index contributed by atoms with van der Waals surface area (Å²) in [7, 11) is 5.24. The van der Waals surface area contributed by atoms with Crippen LogP contribution in [0.15, 0.2) is 36.5 Å². The molecule has 21 heavy (non-hydrogen) atoms. The first-order chi connectivity index (χ1) is 10.1. The van der Waals surface area contributed by atoms with Crippen molar-refractivity contribution in [1.29, 1.82) is 0 Å². The fourth-order valence-electron chi connectivity index (χ4n) is 1.99. The number of hydrogen-bond donors (Lipinski definition) is 1. The van der Waals surface area contributed by atoms with Crippen molar-refractivity contribution in [3.05, 3.63) is 47.8 Å². The van der Waals surface area contributed by atoms with E-state index in [0.717, 1.165) is 17.0 Å². The lowest BCUT2D eigenvalue weighted by Crippen LogP contribution is -2.36. The molecule has 6 nitrogen and oxygen atoms in total. The van der Waals surface area contributed by atoms with Gasteiger partial charge < -0.3 is 15.0 Å². The number of nitrogens with one attached hydrogen (secondary N) is 1. The zero-order valence-corrected chi connectivity index (χ0v) is 12.5. The number of nitrogens with zero attached hydrogens (tertiary/aromatic N) is 3. The van der Waals surface area contributed by atoms with E-state index in [1.165, 1.54) is 0 Å². The van der Waals surface area contributed by atoms with Gasteiger partial charge >= 0.3 is 6.03 Å². The van der Waals surface area contributed by atoms with Gasteiger partial charge in [-0.25, -0.2) is 4.79 Å². The van der Waals surface area contributed by atoms with E-state index < -0.39 is 0 Å². The minimum atomic E-state index is -0.126. The molecular weight excluding hydrogens is 268 g/mol. The highest BCUT2D eigenvalue weighted by atomic mass is 16.5. The van der Waals surface area contributed by atoms with Crippen molar-refractivity contribution in [3.63, 3.8) is 0 Å². The van der Waals surface area contributed by atoms with E-state index >= 15 is 0 Å². The highest BCUT2D eigenvalue weighted by molar-refractivity contribution is 5.73. The number of rotatable bonds is 5. The van der Waals surface area contributed by atoms with E-state index in [9.17, 15) is 4.79 Å². The molecule has 0 aliphatic carbocycles. The minimum absolute atomic E-state index is 0.126. The maximum absolute atomic E-state index is 12.1. The predicted molar refractivity (Wildman–Crippen MR) is 79.9 cm³/mol. The number of ether oxygens (including phenoxy) is 1. The molecule has 1 N–H and O–H groups in total. The van der Waals surface area contributed by atoms with Crippen molar-refractivity contribution < 1.29 is 9.53 Å². The van der Waals surface area contributed by atoms with Gasteiger partial charge in [-0.2, -0.15) is 5.10 Å². The molecule has 0 unspecified atom stereocenters. The van der Waals surface area contributed by atoms with Crippen LogP contribution in [0, 0.1) is 0 Å². The Morgan fingerprint density at radius 1 is 1.43 bits per heavy atom. The summed E-state index contributed by atoms with van der Waals surface area (Å²) in [5.41, 5.74) is 1.98. The number of aryl methyl sites for hydroxylation is 1. The van der Waals surface area contributed by atoms with E-state index in [4.69, 9.17) is 4.74 Å². The zero-order valence-electron chi connectivity index (χ0n) is 12.5. The average molecular weight is 288 g/mol. The monoisotopic (exact) mass is 288 g/mol. The van der Waals surface area contributed by atoms with Crippen molar-refractivity contribution in [2.75, 3.05) is 14.2 Å². The molecule has 1 heterocycles. The standard InChI is InChI=1S/C15H20N4O2/c1-18(11-12-5-4-6-14(9-12)21-3)15(20)16-10-13-7-8-17-19(13)2/h4-9H,10-11H2,1-3H3,(H,16,20). The number of amides is 2. The molecule has 0 radical (unpaired) electrons. The van der Waals surface area contributed by atoms with E-state index in [1.54, 1.807) is 29.9 Å². The fraction of sp³-hybridized carbons (Fsp3) is 0.333. The van der Waals surface area contributed by atoms with Gasteiger partial charge in [-0.3, -0.25) is 4.68 Å². The van der Waals surface area contributed by atoms with E-state index in [-0.39, 0.29) is 6.03 Å². The summed E-state index contributed by atoms with van der Waals surface area (Å²) in [6.07, 6.45) is 1.71. The Morgan fingerprint density at radius 3 is 2.90 bits per heavy atom. The smallest absolute Gasteiger partial charge is 0.317 e. The average Bonchev–Trinajstić information content (AvgIpc) is 2.90. The van der Waals surface area contributed by atoms with Crippen LogP contribution in [-0.4, -0.2) is 34.9 Å². The molecule has 0 aliphatic heterocycles. The second-order valence-electron chi connectivity index (χ2n) is 4.81. The molecule has 0 fully saturated rings. The van der Waals surface area contributed by atoms with Crippen LogP contribution in [0.2, 0.25) is 0 Å². The number of methoxy groups -OCH3 is 1. The quantitative estimate of drug-likeness (QED) is 0.912. The summed E-state index contributed by atoms with van der Waals surface area (Å²) < 4.78 is 6.92. The topological polar surface area (TPSA) is 59.4 Å². The van der Waals surface area contributed by atoms with Gasteiger partial charge in [-0.1, -0.05) is 12.1 Å². The Bertz CT molecular complexity index is 609. The third-order valence-corrected chi connectivity index (χ3v) is 3.24. The van der Waals surface area contributed by atoms with E-state index in [2.05, 4.69) is 10.4 Å². The molecule has 0 saturated carbocycles. The number of aromatic nitrogens is 2. The van der Waals surface area contributed by atoms with Gasteiger partial charge in [0.2, 0.25) is 0 Å². The Balaban J connectivity index is 1.88. The number of hydrogen-bond acceptors (Lipinski definition) is 3. The highest BCUT2D eigenvalue weighted by Crippen LogP contribution is 2.13. The van der Waals surface area contributed by atoms with Crippen LogP contribution in [0.1, 0.15) is 11.3 Å². The lowest BCUT2D eigenvalue weighted by Gasteiger charge is -2.18. The van der Waals surface area contributed by atoms with Crippen LogP contribution in [0.4, 0.5) is 4.79 Å². The second-order valence-corrected chi connectivity index (χ2v) is 4.81. The Kier molecular flexibility index (Phi) is 4.81. The first-order valence-corrected chi connectivity index (χ1v) is 6.69. The van der Waals surface area contributed by atoms with Gasteiger partial charge in [0.25, 0.3) is 0 Å². The predicted octanol–water partition coefficient (Wildman–Crippen LogP) is 1.77. The van der Waals surface area contributed by atoms with Crippen LogP contribution in [0.3, 0.4) is 0 Å². The Morgan fingerprint density at radius 2 is 2.24 bits per heavy atom. The Labute approximate surface area is 124 Å². The fourth-order valence-corrected chi connectivity index (χ4v) is 1.99. The van der Waals surface area contributed by atoms with Crippen molar-refractivity contribution >= 4 is 6.03 Å². The van der Waals surface area contributed by atoms with Gasteiger partial charge in [0.05, 0.1) is 19.3 Å². The molecule has 2 amide bonds. The van der Waals surface area contributed by atoms with Crippen molar-refractivity contribution in [2.24, 2.45) is 7.05 Å². The van der Waals surface area contributed by atoms with Gasteiger partial charge in [0, 0.05) is 26.8 Å². The number of carbonyl (C=O) groups is 1. The maximum Gasteiger partial charge on any atom is 0.317 e. The molecule has 0 bridgehead atoms. The second kappa shape index (κ2) is 6.78. The van der Waals surface area contributed by atoms with Crippen molar-refractivity contribution in [2.45, 2.75) is 13.1 Å². The zero-order chi connectivity index (χ0) is 15.2. The lowest BCUT2D eigenvalue weighted by molar-refractivity contribution is 0.206. The molecule has 0 spiro atoms. The summed E-state index contributed by atoms with van der Waals surface area (Å²) in [5, 5.41) is 6.93. The van der Waals surface area contributed by atoms with Gasteiger partial charge in [0.1, 0.15) is 5.75 Å². The molecule has 1 aromatic carbocycles. The van der Waals surface area contributed by atoms with Gasteiger partial charge in [-0.15, -0.1) is 0 Å². The first kappa shape index (κ1) is 14.9. The largest absolute Gasteiger partial charge is 0.497 e. The number of benzene rings is 1. The normalized spacial score (nSPS) is 10.2. The number of carbonyl (C=O) groups excluding carboxylic acids is 1. The molecule has 2 rings (SSSR count). The van der Waals surface area contributed by atoms with Crippen LogP contribution in [-0.2, 0) is 20.1 Å². The van der Waals surface area contributed by atoms with Crippen LogP contribution in [0.5, 0.6) is 5.75 Å².